The molecule has 1 aliphatic heterocycles. The van der Waals surface area contributed by atoms with Crippen LogP contribution in [0.5, 0.6) is 0 Å². The van der Waals surface area contributed by atoms with Crippen molar-refractivity contribution >= 4 is 8.32 Å². The molecule has 3 nitrogen and oxygen atoms in total. The van der Waals surface area contributed by atoms with Crippen molar-refractivity contribution in [1.82, 2.24) is 5.06 Å². The van der Waals surface area contributed by atoms with Crippen molar-refractivity contribution in [3.05, 3.63) is 12.7 Å². The molecule has 0 aromatic rings. The molecule has 4 heteroatoms. The standard InChI is InChI=1S/C14H29NO2Si/c1-8-9-13-10-12(15(5)17-13)11-16-18(6,7)14(2,3)4/h8,12-13H,1,9-11H2,2-7H3. The Balaban J connectivity index is 2.47. The molecule has 0 aliphatic carbocycles. The van der Waals surface area contributed by atoms with Crippen LogP contribution in [-0.4, -0.2) is 39.2 Å². The predicted molar refractivity (Wildman–Crippen MR) is 79.0 cm³/mol. The van der Waals surface area contributed by atoms with Gasteiger partial charge in [-0.1, -0.05) is 26.8 Å². The van der Waals surface area contributed by atoms with Gasteiger partial charge in [0.2, 0.25) is 0 Å². The lowest BCUT2D eigenvalue weighted by atomic mass is 10.1. The zero-order valence-corrected chi connectivity index (χ0v) is 13.8. The van der Waals surface area contributed by atoms with Crippen LogP contribution in [0.25, 0.3) is 0 Å². The van der Waals surface area contributed by atoms with Gasteiger partial charge in [-0.15, -0.1) is 6.58 Å². The van der Waals surface area contributed by atoms with Crippen LogP contribution in [0.1, 0.15) is 33.6 Å². The first-order chi connectivity index (χ1) is 8.17. The Morgan fingerprint density at radius 3 is 2.56 bits per heavy atom. The molecular weight excluding hydrogens is 242 g/mol. The Morgan fingerprint density at radius 1 is 1.44 bits per heavy atom. The van der Waals surface area contributed by atoms with Crippen LogP contribution in [0.15, 0.2) is 12.7 Å². The summed E-state index contributed by atoms with van der Waals surface area (Å²) >= 11 is 0. The molecule has 1 saturated heterocycles. The summed E-state index contributed by atoms with van der Waals surface area (Å²) in [5.74, 6) is 0. The molecular formula is C14H29NO2Si. The first-order valence-corrected chi connectivity index (χ1v) is 9.72. The number of hydroxylamine groups is 2. The molecule has 0 aromatic heterocycles. The van der Waals surface area contributed by atoms with Crippen molar-refractivity contribution < 1.29 is 9.26 Å². The highest BCUT2D eigenvalue weighted by atomic mass is 28.4. The lowest BCUT2D eigenvalue weighted by Crippen LogP contribution is -2.44. The van der Waals surface area contributed by atoms with Gasteiger partial charge in [0.15, 0.2) is 8.32 Å². The molecule has 0 saturated carbocycles. The van der Waals surface area contributed by atoms with E-state index in [0.29, 0.717) is 6.04 Å². The number of hydrogen-bond acceptors (Lipinski definition) is 3. The Bertz CT molecular complexity index is 286. The van der Waals surface area contributed by atoms with Gasteiger partial charge in [0.1, 0.15) is 0 Å². The summed E-state index contributed by atoms with van der Waals surface area (Å²) in [5.41, 5.74) is 0. The highest BCUT2D eigenvalue weighted by molar-refractivity contribution is 6.74. The maximum atomic E-state index is 6.27. The van der Waals surface area contributed by atoms with E-state index < -0.39 is 8.32 Å². The second kappa shape index (κ2) is 5.86. The predicted octanol–water partition coefficient (Wildman–Crippen LogP) is 3.59. The largest absolute Gasteiger partial charge is 0.415 e. The third kappa shape index (κ3) is 3.92. The van der Waals surface area contributed by atoms with E-state index in [2.05, 4.69) is 40.4 Å². The van der Waals surface area contributed by atoms with Gasteiger partial charge in [-0.2, -0.15) is 5.06 Å². The first kappa shape index (κ1) is 15.9. The normalized spacial score (nSPS) is 26.6. The molecule has 0 spiro atoms. The van der Waals surface area contributed by atoms with E-state index in [1.165, 1.54) is 0 Å². The topological polar surface area (TPSA) is 21.7 Å². The van der Waals surface area contributed by atoms with Crippen molar-refractivity contribution in [2.45, 2.75) is 63.9 Å². The lowest BCUT2D eigenvalue weighted by molar-refractivity contribution is -0.146. The monoisotopic (exact) mass is 271 g/mol. The van der Waals surface area contributed by atoms with Crippen molar-refractivity contribution in [2.75, 3.05) is 13.7 Å². The fraction of sp³-hybridized carbons (Fsp3) is 0.857. The second-order valence-electron chi connectivity index (χ2n) is 6.76. The van der Waals surface area contributed by atoms with E-state index in [1.54, 1.807) is 0 Å². The first-order valence-electron chi connectivity index (χ1n) is 6.82. The van der Waals surface area contributed by atoms with Gasteiger partial charge in [-0.05, 0) is 31.0 Å². The third-order valence-corrected chi connectivity index (χ3v) is 8.74. The number of nitrogens with zero attached hydrogens (tertiary/aromatic N) is 1. The van der Waals surface area contributed by atoms with Gasteiger partial charge in [-0.3, -0.25) is 4.84 Å². The van der Waals surface area contributed by atoms with Crippen LogP contribution < -0.4 is 0 Å². The molecule has 2 atom stereocenters. The zero-order chi connectivity index (χ0) is 14.0. The fourth-order valence-corrected chi connectivity index (χ4v) is 2.88. The molecule has 1 fully saturated rings. The summed E-state index contributed by atoms with van der Waals surface area (Å²) < 4.78 is 6.27. The SMILES string of the molecule is C=CCC1CC(CO[Si](C)(C)C(C)(C)C)N(C)O1. The minimum Gasteiger partial charge on any atom is -0.415 e. The van der Waals surface area contributed by atoms with E-state index >= 15 is 0 Å². The van der Waals surface area contributed by atoms with Crippen LogP contribution >= 0.6 is 0 Å². The van der Waals surface area contributed by atoms with Crippen LogP contribution in [0, 0.1) is 0 Å². The summed E-state index contributed by atoms with van der Waals surface area (Å²) in [7, 11) is 0.358. The molecule has 0 N–H and O–H groups in total. The minimum absolute atomic E-state index is 0.269. The van der Waals surface area contributed by atoms with Crippen molar-refractivity contribution in [2.24, 2.45) is 0 Å². The Hall–Kier alpha value is -0.163. The summed E-state index contributed by atoms with van der Waals surface area (Å²) in [6.45, 7) is 16.0. The van der Waals surface area contributed by atoms with Crippen molar-refractivity contribution in [3.63, 3.8) is 0 Å². The Labute approximate surface area is 113 Å². The van der Waals surface area contributed by atoms with Gasteiger partial charge in [0.25, 0.3) is 0 Å². The summed E-state index contributed by atoms with van der Waals surface area (Å²) in [6, 6.07) is 0.379. The van der Waals surface area contributed by atoms with E-state index in [-0.39, 0.29) is 11.1 Å². The zero-order valence-electron chi connectivity index (χ0n) is 12.8. The average Bonchev–Trinajstić information content (AvgIpc) is 2.55. The molecule has 106 valence electrons. The summed E-state index contributed by atoms with van der Waals surface area (Å²) in [6.07, 6.45) is 4.16. The number of rotatable bonds is 5. The molecule has 1 rings (SSSR count). The average molecular weight is 271 g/mol. The van der Waals surface area contributed by atoms with Crippen LogP contribution in [0.4, 0.5) is 0 Å². The van der Waals surface area contributed by atoms with E-state index in [0.717, 1.165) is 19.4 Å². The molecule has 2 unspecified atom stereocenters. The lowest BCUT2D eigenvalue weighted by Gasteiger charge is -2.37. The molecule has 18 heavy (non-hydrogen) atoms. The number of likely N-dealkylation sites (N-methyl/N-ethyl adjacent to an activating group) is 1. The molecule has 0 bridgehead atoms. The van der Waals surface area contributed by atoms with Gasteiger partial charge in [0.05, 0.1) is 18.8 Å². The van der Waals surface area contributed by atoms with Gasteiger partial charge in [-0.25, -0.2) is 0 Å². The van der Waals surface area contributed by atoms with E-state index in [9.17, 15) is 0 Å². The minimum atomic E-state index is -1.64. The van der Waals surface area contributed by atoms with Crippen LogP contribution in [0.3, 0.4) is 0 Å². The third-order valence-electron chi connectivity index (χ3n) is 4.24. The maximum Gasteiger partial charge on any atom is 0.192 e. The van der Waals surface area contributed by atoms with Gasteiger partial charge >= 0.3 is 0 Å². The fourth-order valence-electron chi connectivity index (χ4n) is 1.84. The highest BCUT2D eigenvalue weighted by Gasteiger charge is 2.39. The van der Waals surface area contributed by atoms with Crippen molar-refractivity contribution in [3.8, 4) is 0 Å². The van der Waals surface area contributed by atoms with Crippen LogP contribution in [-0.2, 0) is 9.26 Å². The van der Waals surface area contributed by atoms with Gasteiger partial charge < -0.3 is 4.43 Å². The number of hydrogen-bond donors (Lipinski definition) is 0. The Morgan fingerprint density at radius 2 is 2.06 bits per heavy atom. The molecule has 0 amide bonds. The van der Waals surface area contributed by atoms with E-state index in [1.807, 2.05) is 18.2 Å². The smallest absolute Gasteiger partial charge is 0.192 e. The maximum absolute atomic E-state index is 6.27. The molecule has 0 aromatic carbocycles. The highest BCUT2D eigenvalue weighted by Crippen LogP contribution is 2.37. The quantitative estimate of drug-likeness (QED) is 0.563. The summed E-state index contributed by atoms with van der Waals surface area (Å²) in [4.78, 5) is 5.76. The van der Waals surface area contributed by atoms with Crippen LogP contribution in [0.2, 0.25) is 18.1 Å². The second-order valence-corrected chi connectivity index (χ2v) is 11.6. The molecule has 1 heterocycles. The van der Waals surface area contributed by atoms with Gasteiger partial charge in [0, 0.05) is 7.05 Å². The summed E-state index contributed by atoms with van der Waals surface area (Å²) in [5, 5.41) is 2.23. The Kier molecular flexibility index (Phi) is 5.18. The molecule has 0 radical (unpaired) electrons. The van der Waals surface area contributed by atoms with Crippen molar-refractivity contribution in [1.29, 1.82) is 0 Å². The van der Waals surface area contributed by atoms with E-state index in [4.69, 9.17) is 9.26 Å². The molecule has 1 aliphatic rings.